The molecule has 1 aromatic carbocycles. The number of aromatic nitrogens is 2. The van der Waals surface area contributed by atoms with Gasteiger partial charge in [-0.15, -0.1) is 6.58 Å². The molecule has 1 atom stereocenters. The van der Waals surface area contributed by atoms with Gasteiger partial charge in [-0.3, -0.25) is 4.79 Å². The summed E-state index contributed by atoms with van der Waals surface area (Å²) in [5, 5.41) is 3.62. The Morgan fingerprint density at radius 3 is 2.78 bits per heavy atom. The molecule has 0 amide bonds. The Kier molecular flexibility index (Phi) is 5.81. The first-order chi connectivity index (χ1) is 13.1. The molecule has 27 heavy (non-hydrogen) atoms. The maximum absolute atomic E-state index is 12.9. The summed E-state index contributed by atoms with van der Waals surface area (Å²) in [6.45, 7) is 7.49. The lowest BCUT2D eigenvalue weighted by molar-refractivity contribution is -0.138. The van der Waals surface area contributed by atoms with Crippen LogP contribution in [0.5, 0.6) is 0 Å². The molecule has 0 radical (unpaired) electrons. The molecule has 1 aliphatic rings. The Morgan fingerprint density at radius 2 is 2.11 bits per heavy atom. The molecule has 2 N–H and O–H groups in total. The maximum atomic E-state index is 12.9. The molecular weight excluding hydrogens is 362 g/mol. The van der Waals surface area contributed by atoms with Crippen molar-refractivity contribution >= 4 is 23.5 Å². The summed E-state index contributed by atoms with van der Waals surface area (Å²) in [7, 11) is 0. The Bertz CT molecular complexity index is 951. The fourth-order valence-electron chi connectivity index (χ4n) is 3.10. The molecule has 2 aromatic rings. The van der Waals surface area contributed by atoms with E-state index in [0.717, 1.165) is 5.56 Å². The van der Waals surface area contributed by atoms with E-state index in [9.17, 15) is 9.59 Å². The number of benzene rings is 1. The number of carbonyl (C=O) groups is 1. The van der Waals surface area contributed by atoms with Crippen LogP contribution in [0.4, 0.5) is 5.82 Å². The highest BCUT2D eigenvalue weighted by Gasteiger charge is 2.36. The Balaban J connectivity index is 2.18. The van der Waals surface area contributed by atoms with Crippen LogP contribution in [0.25, 0.3) is 0 Å². The number of hydrogen-bond acceptors (Lipinski definition) is 6. The van der Waals surface area contributed by atoms with Crippen molar-refractivity contribution in [1.29, 1.82) is 0 Å². The van der Waals surface area contributed by atoms with Gasteiger partial charge in [0.1, 0.15) is 5.82 Å². The quantitative estimate of drug-likeness (QED) is 0.344. The van der Waals surface area contributed by atoms with Gasteiger partial charge in [0.2, 0.25) is 0 Å². The van der Waals surface area contributed by atoms with Crippen molar-refractivity contribution in [3.05, 3.63) is 75.7 Å². The fourth-order valence-corrected chi connectivity index (χ4v) is 3.69. The van der Waals surface area contributed by atoms with E-state index >= 15 is 0 Å². The first-order valence-corrected chi connectivity index (χ1v) is 9.63. The van der Waals surface area contributed by atoms with Gasteiger partial charge in [0, 0.05) is 11.4 Å². The Hall–Kier alpha value is -2.80. The minimum Gasteiger partial charge on any atom is -0.463 e. The van der Waals surface area contributed by atoms with Crippen LogP contribution < -0.4 is 10.9 Å². The minimum absolute atomic E-state index is 0.260. The number of nitrogens with one attached hydrogen (secondary N) is 2. The molecule has 0 aliphatic carbocycles. The predicted octanol–water partition coefficient (Wildman–Crippen LogP) is 3.44. The van der Waals surface area contributed by atoms with Crippen LogP contribution in [-0.2, 0) is 9.53 Å². The van der Waals surface area contributed by atoms with Crippen molar-refractivity contribution in [2.24, 2.45) is 0 Å². The SMILES string of the molecule is C=CCSc1nc2c(c(=O)[nH]1)[C@@H](c1ccccc1)C(C(=O)OCC)=C(C)N2. The molecule has 7 heteroatoms. The van der Waals surface area contributed by atoms with E-state index in [0.29, 0.717) is 33.6 Å². The molecule has 140 valence electrons. The molecule has 0 spiro atoms. The summed E-state index contributed by atoms with van der Waals surface area (Å²) in [6.07, 6.45) is 1.74. The molecule has 0 unspecified atom stereocenters. The first kappa shape index (κ1) is 19.0. The zero-order valence-electron chi connectivity index (χ0n) is 15.2. The third kappa shape index (κ3) is 3.83. The molecule has 2 heterocycles. The van der Waals surface area contributed by atoms with Gasteiger partial charge in [-0.1, -0.05) is 48.2 Å². The highest BCUT2D eigenvalue weighted by molar-refractivity contribution is 7.99. The molecular formula is C20H21N3O3S. The second-order valence-electron chi connectivity index (χ2n) is 5.96. The average molecular weight is 383 g/mol. The molecule has 3 rings (SSSR count). The van der Waals surface area contributed by atoms with Crippen LogP contribution in [0.3, 0.4) is 0 Å². The fraction of sp³-hybridized carbons (Fsp3) is 0.250. The average Bonchev–Trinajstić information content (AvgIpc) is 2.66. The largest absolute Gasteiger partial charge is 0.463 e. The lowest BCUT2D eigenvalue weighted by Gasteiger charge is -2.28. The molecule has 0 saturated heterocycles. The van der Waals surface area contributed by atoms with Gasteiger partial charge in [-0.25, -0.2) is 9.78 Å². The zero-order chi connectivity index (χ0) is 19.4. The summed E-state index contributed by atoms with van der Waals surface area (Å²) >= 11 is 1.39. The second-order valence-corrected chi connectivity index (χ2v) is 6.97. The van der Waals surface area contributed by atoms with Gasteiger partial charge >= 0.3 is 5.97 Å². The van der Waals surface area contributed by atoms with Crippen molar-refractivity contribution in [2.75, 3.05) is 17.7 Å². The third-order valence-electron chi connectivity index (χ3n) is 4.19. The van der Waals surface area contributed by atoms with E-state index in [2.05, 4.69) is 21.9 Å². The third-order valence-corrected chi connectivity index (χ3v) is 5.06. The van der Waals surface area contributed by atoms with Crippen molar-refractivity contribution in [3.63, 3.8) is 0 Å². The number of carbonyl (C=O) groups excluding carboxylic acids is 1. The van der Waals surface area contributed by atoms with E-state index in [1.165, 1.54) is 11.8 Å². The molecule has 0 saturated carbocycles. The molecule has 1 aromatic heterocycles. The number of fused-ring (bicyclic) bond motifs is 1. The van der Waals surface area contributed by atoms with E-state index in [4.69, 9.17) is 4.74 Å². The maximum Gasteiger partial charge on any atom is 0.336 e. The molecule has 0 fully saturated rings. The summed E-state index contributed by atoms with van der Waals surface area (Å²) in [4.78, 5) is 32.9. The van der Waals surface area contributed by atoms with Crippen molar-refractivity contribution in [2.45, 2.75) is 24.9 Å². The summed E-state index contributed by atoms with van der Waals surface area (Å²) in [6, 6.07) is 9.44. The van der Waals surface area contributed by atoms with Crippen LogP contribution in [0, 0.1) is 0 Å². The summed E-state index contributed by atoms with van der Waals surface area (Å²) < 4.78 is 5.25. The number of ether oxygens (including phenoxy) is 1. The summed E-state index contributed by atoms with van der Waals surface area (Å²) in [5.41, 5.74) is 2.03. The van der Waals surface area contributed by atoms with Gasteiger partial charge in [0.05, 0.1) is 23.7 Å². The van der Waals surface area contributed by atoms with Crippen LogP contribution >= 0.6 is 11.8 Å². The van der Waals surface area contributed by atoms with Gasteiger partial charge in [-0.05, 0) is 19.4 Å². The van der Waals surface area contributed by atoms with Gasteiger partial charge in [0.15, 0.2) is 5.16 Å². The van der Waals surface area contributed by atoms with Crippen LogP contribution in [0.1, 0.15) is 30.9 Å². The van der Waals surface area contributed by atoms with E-state index in [1.807, 2.05) is 30.3 Å². The highest BCUT2D eigenvalue weighted by Crippen LogP contribution is 2.39. The highest BCUT2D eigenvalue weighted by atomic mass is 32.2. The molecule has 6 nitrogen and oxygen atoms in total. The number of anilines is 1. The number of aromatic amines is 1. The number of esters is 1. The lowest BCUT2D eigenvalue weighted by atomic mass is 9.82. The number of nitrogens with zero attached hydrogens (tertiary/aromatic N) is 1. The van der Waals surface area contributed by atoms with Crippen molar-refractivity contribution in [3.8, 4) is 0 Å². The topological polar surface area (TPSA) is 84.1 Å². The predicted molar refractivity (Wildman–Crippen MR) is 107 cm³/mol. The number of rotatable bonds is 6. The second kappa shape index (κ2) is 8.26. The number of thioether (sulfide) groups is 1. The smallest absolute Gasteiger partial charge is 0.336 e. The van der Waals surface area contributed by atoms with Crippen molar-refractivity contribution in [1.82, 2.24) is 9.97 Å². The zero-order valence-corrected chi connectivity index (χ0v) is 16.1. The Morgan fingerprint density at radius 1 is 1.37 bits per heavy atom. The van der Waals surface area contributed by atoms with E-state index in [1.54, 1.807) is 19.9 Å². The van der Waals surface area contributed by atoms with Crippen molar-refractivity contribution < 1.29 is 9.53 Å². The van der Waals surface area contributed by atoms with Crippen LogP contribution in [-0.4, -0.2) is 28.3 Å². The van der Waals surface area contributed by atoms with Crippen LogP contribution in [0.2, 0.25) is 0 Å². The van der Waals surface area contributed by atoms with Gasteiger partial charge < -0.3 is 15.0 Å². The lowest BCUT2D eigenvalue weighted by Crippen LogP contribution is -2.31. The standard InChI is InChI=1S/C20H21N3O3S/c1-4-11-27-20-22-17-16(18(24)23-20)15(13-9-7-6-8-10-13)14(12(3)21-17)19(25)26-5-2/h4,6-10,15H,1,5,11H2,2-3H3,(H2,21,22,23,24)/t15-/m0/s1. The Labute approximate surface area is 161 Å². The number of hydrogen-bond donors (Lipinski definition) is 2. The number of H-pyrrole nitrogens is 1. The van der Waals surface area contributed by atoms with E-state index < -0.39 is 11.9 Å². The normalized spacial score (nSPS) is 15.7. The minimum atomic E-state index is -0.545. The molecule has 0 bridgehead atoms. The van der Waals surface area contributed by atoms with Gasteiger partial charge in [0.25, 0.3) is 5.56 Å². The molecule has 1 aliphatic heterocycles. The van der Waals surface area contributed by atoms with Crippen LogP contribution in [0.15, 0.2) is 64.2 Å². The monoisotopic (exact) mass is 383 g/mol. The number of allylic oxidation sites excluding steroid dienone is 1. The van der Waals surface area contributed by atoms with Gasteiger partial charge in [-0.2, -0.15) is 0 Å². The summed E-state index contributed by atoms with van der Waals surface area (Å²) in [5.74, 6) is 0.111. The van der Waals surface area contributed by atoms with E-state index in [-0.39, 0.29) is 12.2 Å². The first-order valence-electron chi connectivity index (χ1n) is 8.64.